The number of likely N-dealkylation sites (N-methyl/N-ethyl adjacent to an activating group) is 1. The second kappa shape index (κ2) is 6.45. The summed E-state index contributed by atoms with van der Waals surface area (Å²) in [6.07, 6.45) is -0.934. The van der Waals surface area contributed by atoms with Crippen molar-refractivity contribution in [3.05, 3.63) is 0 Å². The van der Waals surface area contributed by atoms with Gasteiger partial charge in [-0.15, -0.1) is 0 Å². The van der Waals surface area contributed by atoms with Gasteiger partial charge >= 0.3 is 6.18 Å². The summed E-state index contributed by atoms with van der Waals surface area (Å²) in [5.41, 5.74) is 0. The van der Waals surface area contributed by atoms with E-state index >= 15 is 0 Å². The van der Waals surface area contributed by atoms with Gasteiger partial charge in [0.1, 0.15) is 0 Å². The molecular weight excluding hydrogens is 219 g/mol. The van der Waals surface area contributed by atoms with Gasteiger partial charge in [0.15, 0.2) is 0 Å². The molecule has 2 nitrogen and oxygen atoms in total. The molecule has 96 valence electrons. The van der Waals surface area contributed by atoms with Crippen molar-refractivity contribution in [2.45, 2.75) is 57.3 Å². The predicted molar refractivity (Wildman–Crippen MR) is 56.3 cm³/mol. The summed E-state index contributed by atoms with van der Waals surface area (Å²) in [6, 6.07) is 0.229. The lowest BCUT2D eigenvalue weighted by Crippen LogP contribution is -2.43. The standard InChI is InChI=1S/C11H20F3NO/c1-2-15-9-5-3-4-6-10(9)16-8-7-11(12,13)14/h9-10,15H,2-8H2,1H3. The molecule has 1 fully saturated rings. The van der Waals surface area contributed by atoms with Crippen LogP contribution in [0.1, 0.15) is 39.0 Å². The first-order valence-corrected chi connectivity index (χ1v) is 5.94. The first-order chi connectivity index (χ1) is 7.53. The van der Waals surface area contributed by atoms with Crippen molar-refractivity contribution in [2.75, 3.05) is 13.2 Å². The van der Waals surface area contributed by atoms with Crippen LogP contribution >= 0.6 is 0 Å². The Labute approximate surface area is 94.5 Å². The lowest BCUT2D eigenvalue weighted by molar-refractivity contribution is -0.151. The molecule has 0 amide bonds. The van der Waals surface area contributed by atoms with Gasteiger partial charge in [-0.25, -0.2) is 0 Å². The van der Waals surface area contributed by atoms with Crippen LogP contribution in [0.5, 0.6) is 0 Å². The first kappa shape index (κ1) is 13.8. The van der Waals surface area contributed by atoms with E-state index in [0.717, 1.165) is 32.2 Å². The monoisotopic (exact) mass is 239 g/mol. The van der Waals surface area contributed by atoms with E-state index in [0.29, 0.717) is 0 Å². The van der Waals surface area contributed by atoms with Crippen molar-refractivity contribution >= 4 is 0 Å². The number of nitrogens with one attached hydrogen (secondary N) is 1. The molecule has 0 aromatic rings. The number of alkyl halides is 3. The minimum atomic E-state index is -4.11. The fourth-order valence-electron chi connectivity index (χ4n) is 2.12. The van der Waals surface area contributed by atoms with Crippen LogP contribution in [0.15, 0.2) is 0 Å². The minimum absolute atomic E-state index is 0.0453. The maximum Gasteiger partial charge on any atom is 0.391 e. The highest BCUT2D eigenvalue weighted by molar-refractivity contribution is 4.81. The Hall–Kier alpha value is -0.290. The molecule has 1 aliphatic rings. The van der Waals surface area contributed by atoms with E-state index < -0.39 is 12.6 Å². The number of rotatable bonds is 5. The smallest absolute Gasteiger partial charge is 0.376 e. The van der Waals surface area contributed by atoms with Crippen LogP contribution in [0.25, 0.3) is 0 Å². The van der Waals surface area contributed by atoms with Gasteiger partial charge in [0, 0.05) is 6.04 Å². The SMILES string of the molecule is CCNC1CCCCC1OCCC(F)(F)F. The Balaban J connectivity index is 2.27. The first-order valence-electron chi connectivity index (χ1n) is 5.94. The molecule has 1 saturated carbocycles. The predicted octanol–water partition coefficient (Wildman–Crippen LogP) is 2.88. The lowest BCUT2D eigenvalue weighted by Gasteiger charge is -2.32. The van der Waals surface area contributed by atoms with Crippen LogP contribution in [-0.4, -0.2) is 31.5 Å². The molecule has 5 heteroatoms. The zero-order valence-electron chi connectivity index (χ0n) is 9.65. The molecule has 0 aromatic carbocycles. The second-order valence-corrected chi connectivity index (χ2v) is 4.22. The fourth-order valence-corrected chi connectivity index (χ4v) is 2.12. The molecule has 2 unspecified atom stereocenters. The van der Waals surface area contributed by atoms with Gasteiger partial charge in [0.25, 0.3) is 0 Å². The van der Waals surface area contributed by atoms with Crippen LogP contribution < -0.4 is 5.32 Å². The van der Waals surface area contributed by atoms with E-state index in [1.165, 1.54) is 0 Å². The van der Waals surface area contributed by atoms with Gasteiger partial charge in [-0.05, 0) is 19.4 Å². The number of ether oxygens (including phenoxy) is 1. The zero-order chi connectivity index (χ0) is 12.0. The fraction of sp³-hybridized carbons (Fsp3) is 1.00. The number of hydrogen-bond donors (Lipinski definition) is 1. The Kier molecular flexibility index (Phi) is 5.55. The van der Waals surface area contributed by atoms with Crippen LogP contribution in [0, 0.1) is 0 Å². The summed E-state index contributed by atoms with van der Waals surface area (Å²) in [6.45, 7) is 2.63. The molecule has 0 spiro atoms. The van der Waals surface area contributed by atoms with Crippen LogP contribution in [0.2, 0.25) is 0 Å². The topological polar surface area (TPSA) is 21.3 Å². The molecule has 1 N–H and O–H groups in total. The number of hydrogen-bond acceptors (Lipinski definition) is 2. The van der Waals surface area contributed by atoms with E-state index in [2.05, 4.69) is 5.32 Å². The van der Waals surface area contributed by atoms with Gasteiger partial charge in [-0.2, -0.15) is 13.2 Å². The average molecular weight is 239 g/mol. The van der Waals surface area contributed by atoms with E-state index in [-0.39, 0.29) is 18.8 Å². The summed E-state index contributed by atoms with van der Waals surface area (Å²) < 4.78 is 41.2. The molecule has 0 saturated heterocycles. The van der Waals surface area contributed by atoms with Crippen molar-refractivity contribution in [3.63, 3.8) is 0 Å². The molecule has 0 aliphatic heterocycles. The van der Waals surface area contributed by atoms with Gasteiger partial charge in [0.05, 0.1) is 19.1 Å². The average Bonchev–Trinajstić information content (AvgIpc) is 2.19. The van der Waals surface area contributed by atoms with Crippen molar-refractivity contribution in [1.82, 2.24) is 5.32 Å². The number of halogens is 3. The minimum Gasteiger partial charge on any atom is -0.376 e. The molecule has 2 atom stereocenters. The van der Waals surface area contributed by atoms with E-state index in [1.807, 2.05) is 6.92 Å². The van der Waals surface area contributed by atoms with Gasteiger partial charge in [0.2, 0.25) is 0 Å². The maximum absolute atomic E-state index is 12.0. The van der Waals surface area contributed by atoms with Crippen LogP contribution in [-0.2, 0) is 4.74 Å². The normalized spacial score (nSPS) is 27.0. The summed E-state index contributed by atoms with van der Waals surface area (Å²) >= 11 is 0. The van der Waals surface area contributed by atoms with Crippen LogP contribution in [0.4, 0.5) is 13.2 Å². The third kappa shape index (κ3) is 5.16. The Morgan fingerprint density at radius 1 is 1.25 bits per heavy atom. The van der Waals surface area contributed by atoms with Gasteiger partial charge in [-0.3, -0.25) is 0 Å². The van der Waals surface area contributed by atoms with E-state index in [1.54, 1.807) is 0 Å². The second-order valence-electron chi connectivity index (χ2n) is 4.22. The third-order valence-corrected chi connectivity index (χ3v) is 2.89. The van der Waals surface area contributed by atoms with E-state index in [4.69, 9.17) is 4.74 Å². The largest absolute Gasteiger partial charge is 0.391 e. The molecule has 1 rings (SSSR count). The zero-order valence-corrected chi connectivity index (χ0v) is 9.65. The summed E-state index contributed by atoms with van der Waals surface area (Å²) in [5, 5.41) is 3.28. The molecule has 0 bridgehead atoms. The van der Waals surface area contributed by atoms with Gasteiger partial charge < -0.3 is 10.1 Å². The molecular formula is C11H20F3NO. The van der Waals surface area contributed by atoms with Crippen molar-refractivity contribution in [2.24, 2.45) is 0 Å². The Morgan fingerprint density at radius 2 is 1.94 bits per heavy atom. The highest BCUT2D eigenvalue weighted by Crippen LogP contribution is 2.24. The van der Waals surface area contributed by atoms with E-state index in [9.17, 15) is 13.2 Å². The summed E-state index contributed by atoms with van der Waals surface area (Å²) in [7, 11) is 0. The quantitative estimate of drug-likeness (QED) is 0.796. The molecule has 16 heavy (non-hydrogen) atoms. The van der Waals surface area contributed by atoms with Crippen molar-refractivity contribution < 1.29 is 17.9 Å². The van der Waals surface area contributed by atoms with Crippen molar-refractivity contribution in [3.8, 4) is 0 Å². The maximum atomic E-state index is 12.0. The van der Waals surface area contributed by atoms with Crippen molar-refractivity contribution in [1.29, 1.82) is 0 Å². The highest BCUT2D eigenvalue weighted by Gasteiger charge is 2.29. The third-order valence-electron chi connectivity index (χ3n) is 2.89. The molecule has 0 aromatic heterocycles. The summed E-state index contributed by atoms with van der Waals surface area (Å²) in [5.74, 6) is 0. The Bertz CT molecular complexity index is 194. The molecule has 0 heterocycles. The molecule has 0 radical (unpaired) electrons. The van der Waals surface area contributed by atoms with Crippen LogP contribution in [0.3, 0.4) is 0 Å². The van der Waals surface area contributed by atoms with Gasteiger partial charge in [-0.1, -0.05) is 19.8 Å². The highest BCUT2D eigenvalue weighted by atomic mass is 19.4. The summed E-state index contributed by atoms with van der Waals surface area (Å²) in [4.78, 5) is 0. The Morgan fingerprint density at radius 3 is 2.56 bits per heavy atom. The molecule has 1 aliphatic carbocycles. The lowest BCUT2D eigenvalue weighted by atomic mass is 9.92.